The standard InChI is InChI=1S/C15H18N2O2/c1-11(2)15-16-7-8-17(15)10-13-5-3-12(4-6-13)9-14(18)19/h3-8,11H,9-10H2,1-2H3,(H,18,19). The number of hydrogen-bond acceptors (Lipinski definition) is 2. The SMILES string of the molecule is CC(C)c1nccn1Cc1ccc(CC(=O)O)cc1. The van der Waals surface area contributed by atoms with E-state index in [1.165, 1.54) is 0 Å². The molecule has 0 aliphatic rings. The molecule has 0 unspecified atom stereocenters. The maximum Gasteiger partial charge on any atom is 0.307 e. The largest absolute Gasteiger partial charge is 0.481 e. The topological polar surface area (TPSA) is 55.1 Å². The zero-order valence-electron chi connectivity index (χ0n) is 11.2. The average Bonchev–Trinajstić information content (AvgIpc) is 2.79. The van der Waals surface area contributed by atoms with Crippen molar-refractivity contribution in [2.24, 2.45) is 0 Å². The minimum atomic E-state index is -0.801. The molecule has 0 spiro atoms. The van der Waals surface area contributed by atoms with E-state index in [1.54, 1.807) is 0 Å². The molecule has 4 heteroatoms. The lowest BCUT2D eigenvalue weighted by Crippen LogP contribution is -2.06. The predicted molar refractivity (Wildman–Crippen MR) is 73.2 cm³/mol. The van der Waals surface area contributed by atoms with Crippen LogP contribution in [0.15, 0.2) is 36.7 Å². The summed E-state index contributed by atoms with van der Waals surface area (Å²) in [5.41, 5.74) is 1.97. The van der Waals surface area contributed by atoms with Crippen LogP contribution in [0.4, 0.5) is 0 Å². The van der Waals surface area contributed by atoms with Crippen LogP contribution in [0.2, 0.25) is 0 Å². The number of aliphatic carboxylic acids is 1. The van der Waals surface area contributed by atoms with Gasteiger partial charge < -0.3 is 9.67 Å². The number of carbonyl (C=O) groups is 1. The number of rotatable bonds is 5. The van der Waals surface area contributed by atoms with Gasteiger partial charge in [0.2, 0.25) is 0 Å². The zero-order valence-corrected chi connectivity index (χ0v) is 11.2. The third kappa shape index (κ3) is 3.44. The molecule has 2 aromatic rings. The van der Waals surface area contributed by atoms with E-state index in [0.717, 1.165) is 23.5 Å². The molecule has 0 fully saturated rings. The second kappa shape index (κ2) is 5.69. The molecule has 19 heavy (non-hydrogen) atoms. The molecular weight excluding hydrogens is 240 g/mol. The van der Waals surface area contributed by atoms with E-state index in [2.05, 4.69) is 23.4 Å². The Morgan fingerprint density at radius 2 is 1.89 bits per heavy atom. The lowest BCUT2D eigenvalue weighted by molar-refractivity contribution is -0.136. The van der Waals surface area contributed by atoms with Crippen LogP contribution in [0.5, 0.6) is 0 Å². The molecule has 0 saturated carbocycles. The Labute approximate surface area is 112 Å². The van der Waals surface area contributed by atoms with Gasteiger partial charge in [0, 0.05) is 24.9 Å². The van der Waals surface area contributed by atoms with Crippen LogP contribution >= 0.6 is 0 Å². The third-order valence-corrected chi connectivity index (χ3v) is 3.00. The summed E-state index contributed by atoms with van der Waals surface area (Å²) in [4.78, 5) is 15.0. The average molecular weight is 258 g/mol. The minimum absolute atomic E-state index is 0.0720. The van der Waals surface area contributed by atoms with Crippen molar-refractivity contribution in [3.63, 3.8) is 0 Å². The van der Waals surface area contributed by atoms with Gasteiger partial charge in [-0.25, -0.2) is 4.98 Å². The quantitative estimate of drug-likeness (QED) is 0.897. The number of nitrogens with zero attached hydrogens (tertiary/aromatic N) is 2. The fraction of sp³-hybridized carbons (Fsp3) is 0.333. The second-order valence-electron chi connectivity index (χ2n) is 4.96. The van der Waals surface area contributed by atoms with Crippen LogP contribution in [-0.2, 0) is 17.8 Å². The summed E-state index contributed by atoms with van der Waals surface area (Å²) in [5.74, 6) is 0.653. The molecular formula is C15H18N2O2. The minimum Gasteiger partial charge on any atom is -0.481 e. The van der Waals surface area contributed by atoms with Gasteiger partial charge in [0.05, 0.1) is 6.42 Å². The normalized spacial score (nSPS) is 10.9. The molecule has 1 aromatic heterocycles. The van der Waals surface area contributed by atoms with Crippen LogP contribution in [0.3, 0.4) is 0 Å². The Kier molecular flexibility index (Phi) is 4.00. The summed E-state index contributed by atoms with van der Waals surface area (Å²) >= 11 is 0. The molecule has 1 aromatic carbocycles. The highest BCUT2D eigenvalue weighted by molar-refractivity contribution is 5.70. The van der Waals surface area contributed by atoms with E-state index >= 15 is 0 Å². The van der Waals surface area contributed by atoms with Crippen molar-refractivity contribution in [1.29, 1.82) is 0 Å². The second-order valence-corrected chi connectivity index (χ2v) is 4.96. The molecule has 0 bridgehead atoms. The smallest absolute Gasteiger partial charge is 0.307 e. The summed E-state index contributed by atoms with van der Waals surface area (Å²) in [5, 5.41) is 8.73. The van der Waals surface area contributed by atoms with E-state index in [-0.39, 0.29) is 6.42 Å². The molecule has 100 valence electrons. The van der Waals surface area contributed by atoms with Gasteiger partial charge in [0.15, 0.2) is 0 Å². The molecule has 0 saturated heterocycles. The van der Waals surface area contributed by atoms with Crippen LogP contribution in [-0.4, -0.2) is 20.6 Å². The van der Waals surface area contributed by atoms with Gasteiger partial charge >= 0.3 is 5.97 Å². The van der Waals surface area contributed by atoms with Crippen molar-refractivity contribution in [2.75, 3.05) is 0 Å². The van der Waals surface area contributed by atoms with Crippen molar-refractivity contribution in [2.45, 2.75) is 32.7 Å². The Bertz CT molecular complexity index is 556. The summed E-state index contributed by atoms with van der Waals surface area (Å²) in [6, 6.07) is 7.69. The summed E-state index contributed by atoms with van der Waals surface area (Å²) in [6.45, 7) is 5.00. The lowest BCUT2D eigenvalue weighted by Gasteiger charge is -2.10. The van der Waals surface area contributed by atoms with Crippen molar-refractivity contribution >= 4 is 5.97 Å². The van der Waals surface area contributed by atoms with Gasteiger partial charge in [-0.05, 0) is 11.1 Å². The Hall–Kier alpha value is -2.10. The van der Waals surface area contributed by atoms with Gasteiger partial charge in [0.1, 0.15) is 5.82 Å². The lowest BCUT2D eigenvalue weighted by atomic mass is 10.1. The first-order valence-electron chi connectivity index (χ1n) is 6.37. The third-order valence-electron chi connectivity index (χ3n) is 3.00. The first-order chi connectivity index (χ1) is 9.06. The predicted octanol–water partition coefficient (Wildman–Crippen LogP) is 2.68. The highest BCUT2D eigenvalue weighted by atomic mass is 16.4. The molecule has 0 atom stereocenters. The summed E-state index contributed by atoms with van der Waals surface area (Å²) in [7, 11) is 0. The first-order valence-corrected chi connectivity index (χ1v) is 6.37. The fourth-order valence-corrected chi connectivity index (χ4v) is 2.09. The van der Waals surface area contributed by atoms with Gasteiger partial charge in [-0.15, -0.1) is 0 Å². The Morgan fingerprint density at radius 3 is 2.47 bits per heavy atom. The Balaban J connectivity index is 2.11. The highest BCUT2D eigenvalue weighted by Crippen LogP contribution is 2.14. The van der Waals surface area contributed by atoms with Crippen molar-refractivity contribution in [1.82, 2.24) is 9.55 Å². The monoisotopic (exact) mass is 258 g/mol. The number of benzene rings is 1. The number of hydrogen-bond donors (Lipinski definition) is 1. The van der Waals surface area contributed by atoms with Crippen LogP contribution in [0, 0.1) is 0 Å². The number of carboxylic acids is 1. The number of aromatic nitrogens is 2. The number of imidazole rings is 1. The molecule has 4 nitrogen and oxygen atoms in total. The molecule has 0 aliphatic carbocycles. The molecule has 1 N–H and O–H groups in total. The van der Waals surface area contributed by atoms with Crippen molar-refractivity contribution in [3.8, 4) is 0 Å². The van der Waals surface area contributed by atoms with Gasteiger partial charge in [0.25, 0.3) is 0 Å². The number of carboxylic acid groups (broad SMARTS) is 1. The van der Waals surface area contributed by atoms with E-state index in [1.807, 2.05) is 36.7 Å². The van der Waals surface area contributed by atoms with Crippen LogP contribution in [0.1, 0.15) is 36.7 Å². The van der Waals surface area contributed by atoms with E-state index in [4.69, 9.17) is 5.11 Å². The highest BCUT2D eigenvalue weighted by Gasteiger charge is 2.07. The van der Waals surface area contributed by atoms with E-state index in [0.29, 0.717) is 5.92 Å². The molecule has 0 aliphatic heterocycles. The summed E-state index contributed by atoms with van der Waals surface area (Å²) in [6.07, 6.45) is 3.86. The van der Waals surface area contributed by atoms with Crippen LogP contribution < -0.4 is 0 Å². The first kappa shape index (κ1) is 13.3. The van der Waals surface area contributed by atoms with Gasteiger partial charge in [-0.2, -0.15) is 0 Å². The maximum atomic E-state index is 10.6. The molecule has 1 heterocycles. The Morgan fingerprint density at radius 1 is 1.26 bits per heavy atom. The zero-order chi connectivity index (χ0) is 13.8. The van der Waals surface area contributed by atoms with Gasteiger partial charge in [-0.3, -0.25) is 4.79 Å². The van der Waals surface area contributed by atoms with E-state index < -0.39 is 5.97 Å². The van der Waals surface area contributed by atoms with Crippen LogP contribution in [0.25, 0.3) is 0 Å². The fourth-order valence-electron chi connectivity index (χ4n) is 2.09. The van der Waals surface area contributed by atoms with Crippen molar-refractivity contribution in [3.05, 3.63) is 53.6 Å². The summed E-state index contributed by atoms with van der Waals surface area (Å²) < 4.78 is 2.12. The maximum absolute atomic E-state index is 10.6. The van der Waals surface area contributed by atoms with Crippen molar-refractivity contribution < 1.29 is 9.90 Å². The molecule has 0 amide bonds. The molecule has 0 radical (unpaired) electrons. The molecule has 2 rings (SSSR count). The van der Waals surface area contributed by atoms with Gasteiger partial charge in [-0.1, -0.05) is 38.1 Å². The van der Waals surface area contributed by atoms with E-state index in [9.17, 15) is 4.79 Å².